The number of rotatable bonds is 3. The number of alkyl halides is 3. The Morgan fingerprint density at radius 2 is 1.72 bits per heavy atom. The maximum Gasteiger partial charge on any atom is 0.416 e. The van der Waals surface area contributed by atoms with Gasteiger partial charge in [0.05, 0.1) is 18.8 Å². The summed E-state index contributed by atoms with van der Waals surface area (Å²) in [4.78, 5) is 14.4. The Bertz CT molecular complexity index is 739. The van der Waals surface area contributed by atoms with E-state index >= 15 is 0 Å². The fourth-order valence-electron chi connectivity index (χ4n) is 2.62. The summed E-state index contributed by atoms with van der Waals surface area (Å²) in [5.74, 6) is -0.451. The van der Waals surface area contributed by atoms with E-state index in [1.807, 2.05) is 12.1 Å². The van der Waals surface area contributed by atoms with Crippen LogP contribution in [-0.2, 0) is 10.9 Å². The van der Waals surface area contributed by atoms with Crippen molar-refractivity contribution < 1.29 is 22.7 Å². The van der Waals surface area contributed by atoms with E-state index in [0.717, 1.165) is 30.9 Å². The lowest BCUT2D eigenvalue weighted by Gasteiger charge is -2.28. The number of morpholine rings is 1. The predicted octanol–water partition coefficient (Wildman–Crippen LogP) is 3.79. The van der Waals surface area contributed by atoms with Crippen molar-refractivity contribution in [2.75, 3.05) is 36.5 Å². The predicted molar refractivity (Wildman–Crippen MR) is 88.9 cm³/mol. The maximum atomic E-state index is 12.7. The first kappa shape index (κ1) is 17.3. The lowest BCUT2D eigenvalue weighted by atomic mass is 10.1. The minimum atomic E-state index is -4.44. The van der Waals surface area contributed by atoms with Gasteiger partial charge >= 0.3 is 6.18 Å². The number of halogens is 3. The molecule has 1 N–H and O–H groups in total. The molecule has 0 atom stereocenters. The first-order valence-corrected chi connectivity index (χ1v) is 7.85. The summed E-state index contributed by atoms with van der Waals surface area (Å²) >= 11 is 0. The zero-order valence-electron chi connectivity index (χ0n) is 13.3. The number of carbonyl (C=O) groups excluding carboxylic acids is 1. The molecule has 25 heavy (non-hydrogen) atoms. The SMILES string of the molecule is O=C(Nc1cccc(C(F)(F)F)c1)c1ccc(N2CCOCC2)cc1. The Kier molecular flexibility index (Phi) is 4.94. The topological polar surface area (TPSA) is 41.6 Å². The van der Waals surface area contributed by atoms with Gasteiger partial charge in [0.15, 0.2) is 0 Å². The molecule has 2 aromatic rings. The molecule has 0 aliphatic carbocycles. The van der Waals surface area contributed by atoms with Crippen LogP contribution in [0.3, 0.4) is 0 Å². The molecule has 0 unspecified atom stereocenters. The average Bonchev–Trinajstić information content (AvgIpc) is 2.62. The molecule has 7 heteroatoms. The number of nitrogens with zero attached hydrogens (tertiary/aromatic N) is 1. The Balaban J connectivity index is 1.69. The molecule has 1 fully saturated rings. The fraction of sp³-hybridized carbons (Fsp3) is 0.278. The van der Waals surface area contributed by atoms with Gasteiger partial charge in [0.2, 0.25) is 0 Å². The molecule has 0 spiro atoms. The molecule has 0 saturated carbocycles. The van der Waals surface area contributed by atoms with Crippen molar-refractivity contribution >= 4 is 17.3 Å². The monoisotopic (exact) mass is 350 g/mol. The third-order valence-electron chi connectivity index (χ3n) is 3.95. The summed E-state index contributed by atoms with van der Waals surface area (Å²) in [5.41, 5.74) is 0.679. The molecule has 1 aliphatic heterocycles. The number of amides is 1. The van der Waals surface area contributed by atoms with Gasteiger partial charge in [-0.1, -0.05) is 6.07 Å². The van der Waals surface area contributed by atoms with E-state index in [2.05, 4.69) is 10.2 Å². The van der Waals surface area contributed by atoms with Gasteiger partial charge in [-0.05, 0) is 42.5 Å². The molecule has 0 radical (unpaired) electrons. The molecule has 1 amide bonds. The van der Waals surface area contributed by atoms with Crippen LogP contribution >= 0.6 is 0 Å². The van der Waals surface area contributed by atoms with E-state index < -0.39 is 17.6 Å². The second-order valence-corrected chi connectivity index (χ2v) is 5.68. The van der Waals surface area contributed by atoms with Crippen LogP contribution in [0.25, 0.3) is 0 Å². The Labute approximate surface area is 143 Å². The summed E-state index contributed by atoms with van der Waals surface area (Å²) in [5, 5.41) is 2.50. The molecule has 132 valence electrons. The molecule has 3 rings (SSSR count). The molecule has 1 aliphatic rings. The highest BCUT2D eigenvalue weighted by Crippen LogP contribution is 2.30. The lowest BCUT2D eigenvalue weighted by Crippen LogP contribution is -2.36. The van der Waals surface area contributed by atoms with Crippen LogP contribution in [0.4, 0.5) is 24.5 Å². The summed E-state index contributed by atoms with van der Waals surface area (Å²) < 4.78 is 43.5. The number of hydrogen-bond acceptors (Lipinski definition) is 3. The number of anilines is 2. The van der Waals surface area contributed by atoms with Crippen LogP contribution in [0.5, 0.6) is 0 Å². The maximum absolute atomic E-state index is 12.7. The minimum absolute atomic E-state index is 0.108. The number of ether oxygens (including phenoxy) is 1. The Hall–Kier alpha value is -2.54. The molecule has 4 nitrogen and oxygen atoms in total. The summed E-state index contributed by atoms with van der Waals surface area (Å²) in [7, 11) is 0. The van der Waals surface area contributed by atoms with E-state index in [-0.39, 0.29) is 5.69 Å². The summed E-state index contributed by atoms with van der Waals surface area (Å²) in [6.45, 7) is 2.90. The molecule has 0 aromatic heterocycles. The lowest BCUT2D eigenvalue weighted by molar-refractivity contribution is -0.137. The van der Waals surface area contributed by atoms with Gasteiger partial charge < -0.3 is 15.0 Å². The van der Waals surface area contributed by atoms with E-state index in [0.29, 0.717) is 18.8 Å². The molecule has 1 heterocycles. The van der Waals surface area contributed by atoms with Gasteiger partial charge in [-0.15, -0.1) is 0 Å². The molecular formula is C18H17F3N2O2. The third kappa shape index (κ3) is 4.30. The van der Waals surface area contributed by atoms with Crippen molar-refractivity contribution in [3.63, 3.8) is 0 Å². The zero-order chi connectivity index (χ0) is 17.9. The van der Waals surface area contributed by atoms with E-state index in [4.69, 9.17) is 4.74 Å². The normalized spacial score (nSPS) is 15.1. The Morgan fingerprint density at radius 3 is 2.36 bits per heavy atom. The van der Waals surface area contributed by atoms with E-state index in [1.54, 1.807) is 12.1 Å². The number of carbonyl (C=O) groups is 1. The van der Waals surface area contributed by atoms with E-state index in [1.165, 1.54) is 12.1 Å². The molecule has 1 saturated heterocycles. The molecule has 0 bridgehead atoms. The standard InChI is InChI=1S/C18H17F3N2O2/c19-18(20,21)14-2-1-3-15(12-14)22-17(24)13-4-6-16(7-5-13)23-8-10-25-11-9-23/h1-7,12H,8-11H2,(H,22,24). The van der Waals surface area contributed by atoms with Crippen molar-refractivity contribution in [2.24, 2.45) is 0 Å². The van der Waals surface area contributed by atoms with Crippen LogP contribution in [0, 0.1) is 0 Å². The quantitative estimate of drug-likeness (QED) is 0.916. The van der Waals surface area contributed by atoms with Crippen LogP contribution in [0.15, 0.2) is 48.5 Å². The number of hydrogen-bond donors (Lipinski definition) is 1. The van der Waals surface area contributed by atoms with Gasteiger partial charge in [-0.25, -0.2) is 0 Å². The highest BCUT2D eigenvalue weighted by Gasteiger charge is 2.30. The highest BCUT2D eigenvalue weighted by molar-refractivity contribution is 6.04. The van der Waals surface area contributed by atoms with Crippen LogP contribution in [0.1, 0.15) is 15.9 Å². The zero-order valence-corrected chi connectivity index (χ0v) is 13.3. The van der Waals surface area contributed by atoms with Gasteiger partial charge in [-0.2, -0.15) is 13.2 Å². The second-order valence-electron chi connectivity index (χ2n) is 5.68. The molecular weight excluding hydrogens is 333 g/mol. The first-order chi connectivity index (χ1) is 11.9. The number of benzene rings is 2. The summed E-state index contributed by atoms with van der Waals surface area (Å²) in [6, 6.07) is 11.5. The summed E-state index contributed by atoms with van der Waals surface area (Å²) in [6.07, 6.45) is -4.44. The largest absolute Gasteiger partial charge is 0.416 e. The van der Waals surface area contributed by atoms with Crippen molar-refractivity contribution in [3.8, 4) is 0 Å². The van der Waals surface area contributed by atoms with Gasteiger partial charge in [-0.3, -0.25) is 4.79 Å². The Morgan fingerprint density at radius 1 is 1.04 bits per heavy atom. The second kappa shape index (κ2) is 7.14. The van der Waals surface area contributed by atoms with Gasteiger partial charge in [0, 0.05) is 30.0 Å². The minimum Gasteiger partial charge on any atom is -0.378 e. The van der Waals surface area contributed by atoms with Crippen molar-refractivity contribution in [2.45, 2.75) is 6.18 Å². The van der Waals surface area contributed by atoms with E-state index in [9.17, 15) is 18.0 Å². The van der Waals surface area contributed by atoms with Gasteiger partial charge in [0.25, 0.3) is 5.91 Å². The van der Waals surface area contributed by atoms with Crippen LogP contribution in [0.2, 0.25) is 0 Å². The van der Waals surface area contributed by atoms with Crippen LogP contribution < -0.4 is 10.2 Å². The van der Waals surface area contributed by atoms with Gasteiger partial charge in [0.1, 0.15) is 0 Å². The third-order valence-corrected chi connectivity index (χ3v) is 3.95. The average molecular weight is 350 g/mol. The molecule has 2 aromatic carbocycles. The highest BCUT2D eigenvalue weighted by atomic mass is 19.4. The fourth-order valence-corrected chi connectivity index (χ4v) is 2.62. The number of nitrogens with one attached hydrogen (secondary N) is 1. The van der Waals surface area contributed by atoms with Crippen molar-refractivity contribution in [3.05, 3.63) is 59.7 Å². The van der Waals surface area contributed by atoms with Crippen molar-refractivity contribution in [1.29, 1.82) is 0 Å². The first-order valence-electron chi connectivity index (χ1n) is 7.85. The van der Waals surface area contributed by atoms with Crippen molar-refractivity contribution in [1.82, 2.24) is 0 Å². The smallest absolute Gasteiger partial charge is 0.378 e. The van der Waals surface area contributed by atoms with Crippen LogP contribution in [-0.4, -0.2) is 32.2 Å².